The zero-order valence-corrected chi connectivity index (χ0v) is 13.0. The molecule has 1 N–H and O–H groups in total. The third-order valence-corrected chi connectivity index (χ3v) is 4.33. The number of aromatic nitrogens is 2. The molecule has 21 heavy (non-hydrogen) atoms. The van der Waals surface area contributed by atoms with Gasteiger partial charge in [-0.05, 0) is 42.3 Å². The van der Waals surface area contributed by atoms with E-state index in [9.17, 15) is 0 Å². The van der Waals surface area contributed by atoms with Gasteiger partial charge in [0.15, 0.2) is 0 Å². The molecule has 4 rings (SSSR count). The van der Waals surface area contributed by atoms with Crippen molar-refractivity contribution in [2.75, 3.05) is 11.9 Å². The van der Waals surface area contributed by atoms with Gasteiger partial charge in [0.1, 0.15) is 0 Å². The van der Waals surface area contributed by atoms with Gasteiger partial charge in [0.2, 0.25) is 0 Å². The highest BCUT2D eigenvalue weighted by atomic mass is 79.9. The quantitative estimate of drug-likeness (QED) is 0.755. The van der Waals surface area contributed by atoms with Gasteiger partial charge >= 0.3 is 0 Å². The molecule has 104 valence electrons. The standard InChI is InChI=1S/C17H14BrN3/c18-14-3-1-2-13(8-14)17-10-19-11-21(17)15-4-5-16-12(9-15)6-7-20-16/h1-5,8-11,20H,6-7H2. The monoisotopic (exact) mass is 339 g/mol. The van der Waals surface area contributed by atoms with E-state index in [1.807, 2.05) is 24.7 Å². The summed E-state index contributed by atoms with van der Waals surface area (Å²) in [6, 6.07) is 14.8. The maximum atomic E-state index is 4.33. The van der Waals surface area contributed by atoms with Gasteiger partial charge in [0, 0.05) is 28.0 Å². The number of halogens is 1. The molecule has 1 aromatic heterocycles. The summed E-state index contributed by atoms with van der Waals surface area (Å²) in [5, 5.41) is 3.40. The molecular formula is C17H14BrN3. The van der Waals surface area contributed by atoms with Crippen LogP contribution in [0.2, 0.25) is 0 Å². The largest absolute Gasteiger partial charge is 0.384 e. The van der Waals surface area contributed by atoms with Crippen LogP contribution >= 0.6 is 15.9 Å². The molecule has 4 heteroatoms. The van der Waals surface area contributed by atoms with Crippen LogP contribution in [0.25, 0.3) is 16.9 Å². The zero-order chi connectivity index (χ0) is 14.2. The lowest BCUT2D eigenvalue weighted by Gasteiger charge is -2.10. The summed E-state index contributed by atoms with van der Waals surface area (Å²) >= 11 is 3.53. The van der Waals surface area contributed by atoms with Crippen molar-refractivity contribution in [3.8, 4) is 16.9 Å². The number of benzene rings is 2. The number of fused-ring (bicyclic) bond motifs is 1. The summed E-state index contributed by atoms with van der Waals surface area (Å²) in [7, 11) is 0. The molecule has 3 nitrogen and oxygen atoms in total. The van der Waals surface area contributed by atoms with E-state index in [2.05, 4.69) is 61.1 Å². The fraction of sp³-hybridized carbons (Fsp3) is 0.118. The second kappa shape index (κ2) is 5.04. The number of rotatable bonds is 2. The van der Waals surface area contributed by atoms with Crippen LogP contribution in [-0.2, 0) is 6.42 Å². The van der Waals surface area contributed by atoms with Crippen molar-refractivity contribution in [2.45, 2.75) is 6.42 Å². The number of anilines is 1. The fourth-order valence-electron chi connectivity index (χ4n) is 2.80. The predicted octanol–water partition coefficient (Wildman–Crippen LogP) is 4.27. The Morgan fingerprint density at radius 2 is 2.10 bits per heavy atom. The van der Waals surface area contributed by atoms with Crippen molar-refractivity contribution in [1.29, 1.82) is 0 Å². The molecule has 2 aromatic carbocycles. The van der Waals surface area contributed by atoms with Gasteiger partial charge in [0.25, 0.3) is 0 Å². The summed E-state index contributed by atoms with van der Waals surface area (Å²) in [6.07, 6.45) is 4.87. The van der Waals surface area contributed by atoms with Crippen LogP contribution in [0.3, 0.4) is 0 Å². The molecule has 0 fully saturated rings. The molecule has 3 aromatic rings. The predicted molar refractivity (Wildman–Crippen MR) is 88.9 cm³/mol. The summed E-state index contributed by atoms with van der Waals surface area (Å²) in [6.45, 7) is 1.03. The maximum Gasteiger partial charge on any atom is 0.0997 e. The maximum absolute atomic E-state index is 4.33. The smallest absolute Gasteiger partial charge is 0.0997 e. The first kappa shape index (κ1) is 12.7. The average Bonchev–Trinajstić information content (AvgIpc) is 3.15. The van der Waals surface area contributed by atoms with Gasteiger partial charge < -0.3 is 5.32 Å². The molecule has 0 amide bonds. The van der Waals surface area contributed by atoms with Crippen LogP contribution in [-0.4, -0.2) is 16.1 Å². The molecule has 1 aliphatic heterocycles. The lowest BCUT2D eigenvalue weighted by atomic mass is 10.1. The molecule has 0 saturated carbocycles. The number of nitrogens with zero attached hydrogens (tertiary/aromatic N) is 2. The first-order valence-electron chi connectivity index (χ1n) is 6.97. The fourth-order valence-corrected chi connectivity index (χ4v) is 3.20. The molecule has 2 heterocycles. The van der Waals surface area contributed by atoms with E-state index < -0.39 is 0 Å². The lowest BCUT2D eigenvalue weighted by Crippen LogP contribution is -1.96. The van der Waals surface area contributed by atoms with E-state index in [0.29, 0.717) is 0 Å². The van der Waals surface area contributed by atoms with E-state index in [1.54, 1.807) is 0 Å². The van der Waals surface area contributed by atoms with Crippen LogP contribution in [0.4, 0.5) is 5.69 Å². The Bertz CT molecular complexity index is 807. The zero-order valence-electron chi connectivity index (χ0n) is 11.4. The first-order chi connectivity index (χ1) is 10.3. The van der Waals surface area contributed by atoms with Gasteiger partial charge in [-0.25, -0.2) is 4.98 Å². The second-order valence-corrected chi connectivity index (χ2v) is 6.09. The number of hydrogen-bond acceptors (Lipinski definition) is 2. The summed E-state index contributed by atoms with van der Waals surface area (Å²) in [5.74, 6) is 0. The van der Waals surface area contributed by atoms with Crippen molar-refractivity contribution in [2.24, 2.45) is 0 Å². The van der Waals surface area contributed by atoms with Gasteiger partial charge in [0.05, 0.1) is 18.2 Å². The summed E-state index contributed by atoms with van der Waals surface area (Å²) < 4.78 is 3.21. The van der Waals surface area contributed by atoms with E-state index in [-0.39, 0.29) is 0 Å². The van der Waals surface area contributed by atoms with Gasteiger partial charge in [-0.15, -0.1) is 0 Å². The van der Waals surface area contributed by atoms with E-state index in [1.165, 1.54) is 11.3 Å². The van der Waals surface area contributed by atoms with Gasteiger partial charge in [-0.3, -0.25) is 4.57 Å². The minimum absolute atomic E-state index is 1.03. The Morgan fingerprint density at radius 3 is 3.00 bits per heavy atom. The van der Waals surface area contributed by atoms with Crippen molar-refractivity contribution in [3.05, 3.63) is 65.0 Å². The van der Waals surface area contributed by atoms with Crippen molar-refractivity contribution in [1.82, 2.24) is 9.55 Å². The molecule has 0 unspecified atom stereocenters. The van der Waals surface area contributed by atoms with Crippen LogP contribution in [0.15, 0.2) is 59.5 Å². The normalized spacial score (nSPS) is 13.0. The molecule has 0 spiro atoms. The second-order valence-electron chi connectivity index (χ2n) is 5.18. The van der Waals surface area contributed by atoms with Crippen LogP contribution in [0, 0.1) is 0 Å². The van der Waals surface area contributed by atoms with Crippen LogP contribution in [0.1, 0.15) is 5.56 Å². The minimum Gasteiger partial charge on any atom is -0.384 e. The number of imidazole rings is 1. The van der Waals surface area contributed by atoms with Crippen LogP contribution in [0.5, 0.6) is 0 Å². The number of nitrogens with one attached hydrogen (secondary N) is 1. The Morgan fingerprint density at radius 1 is 1.14 bits per heavy atom. The van der Waals surface area contributed by atoms with Crippen molar-refractivity contribution < 1.29 is 0 Å². The third kappa shape index (κ3) is 2.25. The molecule has 0 radical (unpaired) electrons. The highest BCUT2D eigenvalue weighted by molar-refractivity contribution is 9.10. The lowest BCUT2D eigenvalue weighted by molar-refractivity contribution is 1.05. The highest BCUT2D eigenvalue weighted by Crippen LogP contribution is 2.29. The molecule has 0 saturated heterocycles. The Labute approximate surface area is 131 Å². The van der Waals surface area contributed by atoms with Crippen molar-refractivity contribution in [3.63, 3.8) is 0 Å². The summed E-state index contributed by atoms with van der Waals surface area (Å²) in [4.78, 5) is 4.33. The van der Waals surface area contributed by atoms with E-state index in [4.69, 9.17) is 0 Å². The SMILES string of the molecule is Brc1cccc(-c2cncn2-c2ccc3c(c2)CCN3)c1. The Kier molecular flexibility index (Phi) is 3.04. The topological polar surface area (TPSA) is 29.9 Å². The number of hydrogen-bond donors (Lipinski definition) is 1. The summed E-state index contributed by atoms with van der Waals surface area (Å²) in [5.41, 5.74) is 6.04. The first-order valence-corrected chi connectivity index (χ1v) is 7.76. The van der Waals surface area contributed by atoms with Gasteiger partial charge in [-0.2, -0.15) is 0 Å². The van der Waals surface area contributed by atoms with Crippen molar-refractivity contribution >= 4 is 21.6 Å². The molecule has 0 aliphatic carbocycles. The molecule has 1 aliphatic rings. The Hall–Kier alpha value is -2.07. The van der Waals surface area contributed by atoms with E-state index >= 15 is 0 Å². The molecule has 0 atom stereocenters. The third-order valence-electron chi connectivity index (χ3n) is 3.84. The molecular weight excluding hydrogens is 326 g/mol. The highest BCUT2D eigenvalue weighted by Gasteiger charge is 2.13. The van der Waals surface area contributed by atoms with Gasteiger partial charge in [-0.1, -0.05) is 28.1 Å². The van der Waals surface area contributed by atoms with Crippen LogP contribution < -0.4 is 5.32 Å². The average molecular weight is 340 g/mol. The van der Waals surface area contributed by atoms with E-state index in [0.717, 1.165) is 34.4 Å². The minimum atomic E-state index is 1.03. The Balaban J connectivity index is 1.82. The molecule has 0 bridgehead atoms.